The summed E-state index contributed by atoms with van der Waals surface area (Å²) in [6.07, 6.45) is 2.31. The molecule has 0 radical (unpaired) electrons. The predicted molar refractivity (Wildman–Crippen MR) is 201 cm³/mol. The third-order valence-electron chi connectivity index (χ3n) is 6.12. The number of aryl methyl sites for hydroxylation is 2. The molecule has 0 aliphatic rings. The second-order valence-electron chi connectivity index (χ2n) is 9.75. The highest BCUT2D eigenvalue weighted by molar-refractivity contribution is 14.1. The first kappa shape index (κ1) is 38.4. The lowest BCUT2D eigenvalue weighted by molar-refractivity contribution is -0.119. The van der Waals surface area contributed by atoms with Crippen LogP contribution in [0.1, 0.15) is 59.1 Å². The van der Waals surface area contributed by atoms with Crippen molar-refractivity contribution in [1.29, 1.82) is 0 Å². The fourth-order valence-corrected chi connectivity index (χ4v) is 6.25. The Morgan fingerprint density at radius 2 is 1.40 bits per heavy atom. The number of amides is 4. The van der Waals surface area contributed by atoms with Crippen molar-refractivity contribution in [3.63, 3.8) is 0 Å². The van der Waals surface area contributed by atoms with E-state index in [4.69, 9.17) is 22.9 Å². The predicted octanol–water partition coefficient (Wildman–Crippen LogP) is 2.73. The van der Waals surface area contributed by atoms with Crippen LogP contribution in [0.4, 0.5) is 33.3 Å². The lowest BCUT2D eigenvalue weighted by Crippen LogP contribution is -2.35. The Morgan fingerprint density at radius 3 is 1.90 bits per heavy atom. The van der Waals surface area contributed by atoms with E-state index < -0.39 is 35.7 Å². The van der Waals surface area contributed by atoms with Gasteiger partial charge >= 0.3 is 0 Å². The van der Waals surface area contributed by atoms with Gasteiger partial charge in [-0.15, -0.1) is 0 Å². The number of nitrogens with two attached hydrogens (primary N) is 4. The Morgan fingerprint density at radius 1 is 0.792 bits per heavy atom. The molecule has 48 heavy (non-hydrogen) atoms. The van der Waals surface area contributed by atoms with E-state index in [0.717, 1.165) is 20.0 Å². The number of aromatic nitrogens is 6. The molecule has 2 atom stereocenters. The van der Waals surface area contributed by atoms with Crippen molar-refractivity contribution in [3.05, 3.63) is 42.3 Å². The first-order valence-corrected chi connectivity index (χ1v) is 17.6. The van der Waals surface area contributed by atoms with Crippen molar-refractivity contribution in [2.24, 2.45) is 22.9 Å². The Labute approximate surface area is 310 Å². The van der Waals surface area contributed by atoms with Crippen LogP contribution in [0, 0.1) is 21.1 Å². The second kappa shape index (κ2) is 17.4. The van der Waals surface area contributed by atoms with Gasteiger partial charge in [0.05, 0.1) is 21.2 Å². The second-order valence-corrected chi connectivity index (χ2v) is 13.4. The molecule has 4 aromatic rings. The van der Waals surface area contributed by atoms with Crippen LogP contribution < -0.4 is 44.2 Å². The summed E-state index contributed by atoms with van der Waals surface area (Å²) in [5.74, 6) is -1.39. The molecule has 0 aliphatic carbocycles. The van der Waals surface area contributed by atoms with Gasteiger partial charge in [-0.05, 0) is 101 Å². The number of nitrogens with one attached hydrogen (secondary N) is 4. The minimum Gasteiger partial charge on any atom is -0.368 e. The number of hydrogen-bond acceptors (Lipinski definition) is 16. The summed E-state index contributed by atoms with van der Waals surface area (Å²) in [6.45, 7) is 7.36. The number of primary amides is 4. The van der Waals surface area contributed by atoms with Crippen LogP contribution in [0.3, 0.4) is 0 Å². The van der Waals surface area contributed by atoms with Gasteiger partial charge in [-0.2, -0.15) is 8.75 Å². The fraction of sp³-hybridized carbons (Fsp3) is 0.308. The lowest BCUT2D eigenvalue weighted by atomic mass is 10.2. The quantitative estimate of drug-likeness (QED) is 0.0845. The molecule has 4 aromatic heterocycles. The van der Waals surface area contributed by atoms with Gasteiger partial charge < -0.3 is 44.2 Å². The molecule has 0 aliphatic heterocycles. The number of nitrogens with zero attached hydrogens (tertiary/aromatic N) is 6. The van der Waals surface area contributed by atoms with Gasteiger partial charge in [0.15, 0.2) is 28.8 Å². The standard InChI is InChI=1S/C13H15I2N7O2S.C13H17N7O2S/c1-3-5(9(16)23)18-12-8(15)19-7(10(17)24)11(20-12)21-13-6(14)4(2)22-25-13;1-3-7(11(14)21)17-8-5-16-10(12(15)22)13(18-8)19-9-4-6(2)20-23-9/h5H,3H2,1-2H3,(H2,16,23)(H2,17,24)(H2,18,20,21);4-5,7H,3H2,1-2H3,(H2,14,21)(H2,15,22)(H2,17,18,19)/t5-;7-/m11/s1. The third-order valence-corrected chi connectivity index (χ3v) is 10.2. The summed E-state index contributed by atoms with van der Waals surface area (Å²) in [4.78, 5) is 62.8. The monoisotopic (exact) mass is 922 g/mol. The highest BCUT2D eigenvalue weighted by atomic mass is 127. The Balaban J connectivity index is 0.000000261. The molecule has 0 aromatic carbocycles. The van der Waals surface area contributed by atoms with E-state index in [1.54, 1.807) is 6.07 Å². The Kier molecular flexibility index (Phi) is 13.9. The maximum absolute atomic E-state index is 11.7. The zero-order chi connectivity index (χ0) is 35.7. The summed E-state index contributed by atoms with van der Waals surface area (Å²) in [5, 5.41) is 13.2. The zero-order valence-corrected chi connectivity index (χ0v) is 31.9. The van der Waals surface area contributed by atoms with E-state index in [0.29, 0.717) is 33.2 Å². The molecule has 0 fully saturated rings. The summed E-state index contributed by atoms with van der Waals surface area (Å²) in [6, 6.07) is 0.623. The Bertz CT molecular complexity index is 1820. The van der Waals surface area contributed by atoms with Crippen LogP contribution in [0.5, 0.6) is 0 Å². The molecule has 22 heteroatoms. The smallest absolute Gasteiger partial charge is 0.271 e. The van der Waals surface area contributed by atoms with Crippen LogP contribution in [0.2, 0.25) is 0 Å². The Hall–Kier alpha value is -4.04. The lowest BCUT2D eigenvalue weighted by Gasteiger charge is -2.16. The van der Waals surface area contributed by atoms with Gasteiger partial charge in [0, 0.05) is 0 Å². The average molecular weight is 923 g/mol. The maximum Gasteiger partial charge on any atom is 0.271 e. The molecule has 256 valence electrons. The number of anilines is 6. The van der Waals surface area contributed by atoms with E-state index >= 15 is 0 Å². The van der Waals surface area contributed by atoms with E-state index in [1.165, 1.54) is 29.3 Å². The van der Waals surface area contributed by atoms with Gasteiger partial charge in [-0.1, -0.05) is 13.8 Å². The topological polar surface area (TPSA) is 298 Å². The normalized spacial score (nSPS) is 11.8. The molecule has 0 saturated heterocycles. The maximum atomic E-state index is 11.7. The van der Waals surface area contributed by atoms with E-state index in [-0.39, 0.29) is 23.0 Å². The van der Waals surface area contributed by atoms with E-state index in [2.05, 4.69) is 72.5 Å². The van der Waals surface area contributed by atoms with Crippen molar-refractivity contribution < 1.29 is 19.2 Å². The molecule has 4 heterocycles. The van der Waals surface area contributed by atoms with Gasteiger partial charge in [0.1, 0.15) is 31.6 Å². The van der Waals surface area contributed by atoms with Crippen LogP contribution in [0.25, 0.3) is 0 Å². The number of hydrogen-bond donors (Lipinski definition) is 8. The van der Waals surface area contributed by atoms with Crippen molar-refractivity contribution in [3.8, 4) is 0 Å². The van der Waals surface area contributed by atoms with Crippen LogP contribution in [-0.4, -0.2) is 64.4 Å². The van der Waals surface area contributed by atoms with Crippen LogP contribution in [-0.2, 0) is 9.59 Å². The molecule has 0 unspecified atom stereocenters. The van der Waals surface area contributed by atoms with Crippen LogP contribution >= 0.6 is 68.2 Å². The summed E-state index contributed by atoms with van der Waals surface area (Å²) in [5.41, 5.74) is 23.1. The van der Waals surface area contributed by atoms with Crippen molar-refractivity contribution in [1.82, 2.24) is 28.7 Å². The minimum absolute atomic E-state index is 0.00364. The largest absolute Gasteiger partial charge is 0.368 e. The molecule has 0 spiro atoms. The average Bonchev–Trinajstić information content (AvgIpc) is 3.58. The highest BCUT2D eigenvalue weighted by Gasteiger charge is 2.22. The molecule has 12 N–H and O–H groups in total. The van der Waals surface area contributed by atoms with Crippen molar-refractivity contribution in [2.45, 2.75) is 52.6 Å². The van der Waals surface area contributed by atoms with Crippen molar-refractivity contribution >= 4 is 125 Å². The number of halogens is 2. The fourth-order valence-electron chi connectivity index (χ4n) is 3.67. The molecular weight excluding hydrogens is 890 g/mol. The number of rotatable bonds is 14. The molecule has 18 nitrogen and oxygen atoms in total. The molecule has 4 amide bonds. The van der Waals surface area contributed by atoms with Gasteiger partial charge in [-0.25, -0.2) is 19.9 Å². The first-order valence-electron chi connectivity index (χ1n) is 13.9. The van der Waals surface area contributed by atoms with E-state index in [1.807, 2.05) is 50.3 Å². The SMILES string of the molecule is CC[C@@H](Nc1cnc(C(N)=O)c(Nc2cc(C)ns2)n1)C(N)=O.CC[C@@H](Nc1nc(Nc2snc(C)c2I)c(C(N)=O)nc1I)C(N)=O. The van der Waals surface area contributed by atoms with Crippen LogP contribution in [0.15, 0.2) is 12.3 Å². The third kappa shape index (κ3) is 10.2. The van der Waals surface area contributed by atoms with Gasteiger partial charge in [0.25, 0.3) is 11.8 Å². The zero-order valence-electron chi connectivity index (χ0n) is 25.9. The molecule has 0 bridgehead atoms. The molecular formula is C26H32I2N14O4S2. The molecule has 4 rings (SSSR count). The summed E-state index contributed by atoms with van der Waals surface area (Å²) >= 11 is 6.52. The summed E-state index contributed by atoms with van der Waals surface area (Å²) in [7, 11) is 0. The first-order chi connectivity index (χ1) is 22.6. The summed E-state index contributed by atoms with van der Waals surface area (Å²) < 4.78 is 9.70. The van der Waals surface area contributed by atoms with Gasteiger partial charge in [0.2, 0.25) is 11.8 Å². The highest BCUT2D eigenvalue weighted by Crippen LogP contribution is 2.31. The van der Waals surface area contributed by atoms with Crippen molar-refractivity contribution in [2.75, 3.05) is 21.3 Å². The number of carbonyl (C=O) groups is 4. The number of carbonyl (C=O) groups excluding carboxylic acids is 4. The van der Waals surface area contributed by atoms with E-state index in [9.17, 15) is 19.2 Å². The van der Waals surface area contributed by atoms with Gasteiger partial charge in [-0.3, -0.25) is 19.2 Å². The minimum atomic E-state index is -0.713. The molecule has 0 saturated carbocycles.